The van der Waals surface area contributed by atoms with Gasteiger partial charge < -0.3 is 10.4 Å². The molecule has 0 aromatic heterocycles. The summed E-state index contributed by atoms with van der Waals surface area (Å²) in [5.41, 5.74) is -0.691. The van der Waals surface area contributed by atoms with Crippen molar-refractivity contribution in [1.82, 2.24) is 5.32 Å². The molecular weight excluding hydrogens is 228 g/mol. The average Bonchev–Trinajstić information content (AvgIpc) is 2.26. The third kappa shape index (κ3) is 3.54. The summed E-state index contributed by atoms with van der Waals surface area (Å²) in [7, 11) is 1.75. The molecule has 1 aromatic carbocycles. The van der Waals surface area contributed by atoms with E-state index in [-0.39, 0.29) is 5.56 Å². The number of aromatic carboxylic acids is 1. The van der Waals surface area contributed by atoms with Crippen molar-refractivity contribution in [3.63, 3.8) is 0 Å². The second-order valence-corrected chi connectivity index (χ2v) is 3.27. The normalized spacial score (nSPS) is 9.59. The van der Waals surface area contributed by atoms with Crippen LogP contribution in [0.1, 0.15) is 22.3 Å². The van der Waals surface area contributed by atoms with Crippen LogP contribution in [0, 0.1) is 23.5 Å². The van der Waals surface area contributed by atoms with Gasteiger partial charge in [0.15, 0.2) is 0 Å². The van der Waals surface area contributed by atoms with Gasteiger partial charge in [0.05, 0.1) is 11.1 Å². The zero-order chi connectivity index (χ0) is 12.8. The van der Waals surface area contributed by atoms with Gasteiger partial charge in [-0.15, -0.1) is 0 Å². The molecule has 0 aliphatic rings. The fourth-order valence-electron chi connectivity index (χ4n) is 1.15. The van der Waals surface area contributed by atoms with Crippen LogP contribution in [0.4, 0.5) is 8.78 Å². The minimum absolute atomic E-state index is 0.111. The summed E-state index contributed by atoms with van der Waals surface area (Å²) in [4.78, 5) is 10.6. The van der Waals surface area contributed by atoms with Crippen LogP contribution in [0.25, 0.3) is 0 Å². The first-order valence-corrected chi connectivity index (χ1v) is 4.92. The Labute approximate surface area is 97.5 Å². The number of carboxylic acids is 1. The quantitative estimate of drug-likeness (QED) is 0.622. The Hall–Kier alpha value is -1.93. The molecule has 0 saturated carbocycles. The third-order valence-corrected chi connectivity index (χ3v) is 2.01. The topological polar surface area (TPSA) is 49.3 Å². The highest BCUT2D eigenvalue weighted by molar-refractivity contribution is 5.88. The second-order valence-electron chi connectivity index (χ2n) is 3.27. The molecular formula is C12H11F2NO2. The molecule has 0 aliphatic carbocycles. The van der Waals surface area contributed by atoms with Crippen LogP contribution in [0.15, 0.2) is 12.1 Å². The molecule has 0 aliphatic heterocycles. The SMILES string of the molecule is CNCCC#Cc1cc(C(=O)O)c(F)cc1F. The highest BCUT2D eigenvalue weighted by Gasteiger charge is 2.13. The average molecular weight is 239 g/mol. The summed E-state index contributed by atoms with van der Waals surface area (Å²) >= 11 is 0. The minimum atomic E-state index is -1.44. The lowest BCUT2D eigenvalue weighted by Crippen LogP contribution is -2.06. The van der Waals surface area contributed by atoms with E-state index in [1.165, 1.54) is 0 Å². The first-order chi connectivity index (χ1) is 8.06. The Bertz CT molecular complexity index is 489. The van der Waals surface area contributed by atoms with Crippen molar-refractivity contribution in [3.8, 4) is 11.8 Å². The molecule has 0 bridgehead atoms. The minimum Gasteiger partial charge on any atom is -0.478 e. The van der Waals surface area contributed by atoms with Crippen LogP contribution in [0.2, 0.25) is 0 Å². The van der Waals surface area contributed by atoms with Crippen molar-refractivity contribution in [2.24, 2.45) is 0 Å². The van der Waals surface area contributed by atoms with Crippen LogP contribution in [-0.2, 0) is 0 Å². The van der Waals surface area contributed by atoms with Gasteiger partial charge in [-0.25, -0.2) is 13.6 Å². The molecule has 90 valence electrons. The molecule has 0 atom stereocenters. The fourth-order valence-corrected chi connectivity index (χ4v) is 1.15. The first-order valence-electron chi connectivity index (χ1n) is 4.92. The van der Waals surface area contributed by atoms with Crippen molar-refractivity contribution in [1.29, 1.82) is 0 Å². The predicted octanol–water partition coefficient (Wildman–Crippen LogP) is 1.62. The summed E-state index contributed by atoms with van der Waals surface area (Å²) in [6, 6.07) is 1.44. The summed E-state index contributed by atoms with van der Waals surface area (Å²) in [6.07, 6.45) is 0.496. The lowest BCUT2D eigenvalue weighted by Gasteiger charge is -2.00. The van der Waals surface area contributed by atoms with Crippen molar-refractivity contribution in [3.05, 3.63) is 34.9 Å². The molecule has 0 radical (unpaired) electrons. The molecule has 17 heavy (non-hydrogen) atoms. The second kappa shape index (κ2) is 5.97. The molecule has 0 saturated heterocycles. The van der Waals surface area contributed by atoms with E-state index in [0.717, 1.165) is 6.07 Å². The van der Waals surface area contributed by atoms with Gasteiger partial charge in [-0.3, -0.25) is 0 Å². The van der Waals surface area contributed by atoms with Gasteiger partial charge in [0.1, 0.15) is 11.6 Å². The Morgan fingerprint density at radius 1 is 1.41 bits per heavy atom. The molecule has 3 nitrogen and oxygen atoms in total. The van der Waals surface area contributed by atoms with Gasteiger partial charge in [-0.1, -0.05) is 11.8 Å². The summed E-state index contributed by atoms with van der Waals surface area (Å²) < 4.78 is 26.3. The fraction of sp³-hybridized carbons (Fsp3) is 0.250. The van der Waals surface area contributed by atoms with Gasteiger partial charge >= 0.3 is 5.97 Å². The Morgan fingerprint density at radius 2 is 2.12 bits per heavy atom. The number of nitrogens with one attached hydrogen (secondary N) is 1. The number of rotatable bonds is 3. The molecule has 0 amide bonds. The number of hydrogen-bond acceptors (Lipinski definition) is 2. The van der Waals surface area contributed by atoms with Crippen LogP contribution >= 0.6 is 0 Å². The van der Waals surface area contributed by atoms with Gasteiger partial charge in [-0.2, -0.15) is 0 Å². The van der Waals surface area contributed by atoms with Crippen molar-refractivity contribution in [2.45, 2.75) is 6.42 Å². The van der Waals surface area contributed by atoms with Gasteiger partial charge in [0, 0.05) is 19.0 Å². The Morgan fingerprint density at radius 3 is 2.71 bits per heavy atom. The van der Waals surface area contributed by atoms with Gasteiger partial charge in [0.25, 0.3) is 0 Å². The Kier molecular flexibility index (Phi) is 4.61. The largest absolute Gasteiger partial charge is 0.478 e. The summed E-state index contributed by atoms with van der Waals surface area (Å²) in [6.45, 7) is 0.640. The molecule has 0 spiro atoms. The van der Waals surface area contributed by atoms with Crippen LogP contribution in [0.5, 0.6) is 0 Å². The summed E-state index contributed by atoms with van der Waals surface area (Å²) in [5, 5.41) is 11.5. The number of hydrogen-bond donors (Lipinski definition) is 2. The van der Waals surface area contributed by atoms with Crippen LogP contribution in [0.3, 0.4) is 0 Å². The molecule has 0 heterocycles. The molecule has 1 rings (SSSR count). The Balaban J connectivity index is 3.02. The zero-order valence-electron chi connectivity index (χ0n) is 9.18. The van der Waals surface area contributed by atoms with Gasteiger partial charge in [0.2, 0.25) is 0 Å². The highest BCUT2D eigenvalue weighted by Crippen LogP contribution is 2.14. The first kappa shape index (κ1) is 13.1. The maximum absolute atomic E-state index is 13.3. The smallest absolute Gasteiger partial charge is 0.338 e. The van der Waals surface area contributed by atoms with Crippen LogP contribution < -0.4 is 5.32 Å². The van der Waals surface area contributed by atoms with E-state index in [2.05, 4.69) is 17.2 Å². The monoisotopic (exact) mass is 239 g/mol. The van der Waals surface area contributed by atoms with E-state index in [9.17, 15) is 13.6 Å². The van der Waals surface area contributed by atoms with Crippen molar-refractivity contribution >= 4 is 5.97 Å². The van der Waals surface area contributed by atoms with Crippen molar-refractivity contribution < 1.29 is 18.7 Å². The lowest BCUT2D eigenvalue weighted by atomic mass is 10.1. The van der Waals surface area contributed by atoms with E-state index in [1.807, 2.05) is 0 Å². The standard InChI is InChI=1S/C12H11F2NO2/c1-15-5-3-2-4-8-6-9(12(16)17)11(14)7-10(8)13/h6-7,15H,3,5H2,1H3,(H,16,17). The van der Waals surface area contributed by atoms with E-state index in [4.69, 9.17) is 5.11 Å². The third-order valence-electron chi connectivity index (χ3n) is 2.01. The van der Waals surface area contributed by atoms with Crippen LogP contribution in [-0.4, -0.2) is 24.7 Å². The van der Waals surface area contributed by atoms with Crippen molar-refractivity contribution in [2.75, 3.05) is 13.6 Å². The molecule has 0 unspecified atom stereocenters. The highest BCUT2D eigenvalue weighted by atomic mass is 19.1. The number of benzene rings is 1. The number of carboxylic acid groups (broad SMARTS) is 1. The zero-order valence-corrected chi connectivity index (χ0v) is 9.18. The molecule has 5 heteroatoms. The molecule has 1 aromatic rings. The predicted molar refractivity (Wildman–Crippen MR) is 58.7 cm³/mol. The number of halogens is 2. The van der Waals surface area contributed by atoms with E-state index >= 15 is 0 Å². The summed E-state index contributed by atoms with van der Waals surface area (Å²) in [5.74, 6) is 1.73. The van der Waals surface area contributed by atoms with E-state index in [1.54, 1.807) is 7.05 Å². The van der Waals surface area contributed by atoms with E-state index < -0.39 is 23.2 Å². The van der Waals surface area contributed by atoms with Gasteiger partial charge in [-0.05, 0) is 13.1 Å². The number of carbonyl (C=O) groups is 1. The molecule has 0 fully saturated rings. The van der Waals surface area contributed by atoms with E-state index in [0.29, 0.717) is 19.0 Å². The lowest BCUT2D eigenvalue weighted by molar-refractivity contribution is 0.0691. The molecule has 2 N–H and O–H groups in total. The maximum Gasteiger partial charge on any atom is 0.338 e. The maximum atomic E-state index is 13.3.